The van der Waals surface area contributed by atoms with Gasteiger partial charge in [0.05, 0.1) is 5.75 Å². The van der Waals surface area contributed by atoms with Crippen LogP contribution in [0.5, 0.6) is 0 Å². The largest absolute Gasteiger partial charge is 0.298 e. The summed E-state index contributed by atoms with van der Waals surface area (Å²) in [5.74, 6) is 0.988. The molecule has 1 atom stereocenters. The second-order valence-corrected chi connectivity index (χ2v) is 6.70. The summed E-state index contributed by atoms with van der Waals surface area (Å²) in [6.07, 6.45) is 4.24. The molecule has 4 heteroatoms. The molecule has 1 fully saturated rings. The van der Waals surface area contributed by atoms with Crippen LogP contribution in [0.1, 0.15) is 31.2 Å². The molecule has 0 amide bonds. The Morgan fingerprint density at radius 2 is 1.83 bits per heavy atom. The predicted molar refractivity (Wildman–Crippen MR) is 75.1 cm³/mol. The Kier molecular flexibility index (Phi) is 4.95. The molecule has 0 heterocycles. The van der Waals surface area contributed by atoms with E-state index in [1.54, 1.807) is 12.1 Å². The number of benzene rings is 1. The average Bonchev–Trinajstić information content (AvgIpc) is 2.85. The SMILES string of the molecule is O=C(CS(=O)Cc1ccc(Cl)cc1)C1CCCC1. The first kappa shape index (κ1) is 13.8. The molecule has 1 aliphatic rings. The van der Waals surface area contributed by atoms with Gasteiger partial charge in [-0.15, -0.1) is 0 Å². The van der Waals surface area contributed by atoms with Gasteiger partial charge < -0.3 is 0 Å². The standard InChI is InChI=1S/C14H17ClO2S/c15-13-7-5-11(6-8-13)9-18(17)10-14(16)12-3-1-2-4-12/h5-8,12H,1-4,9-10H2. The molecule has 98 valence electrons. The Hall–Kier alpha value is -0.670. The smallest absolute Gasteiger partial charge is 0.148 e. The van der Waals surface area contributed by atoms with Crippen molar-refractivity contribution in [2.75, 3.05) is 5.75 Å². The normalized spacial score (nSPS) is 17.8. The van der Waals surface area contributed by atoms with Crippen molar-refractivity contribution in [3.8, 4) is 0 Å². The summed E-state index contributed by atoms with van der Waals surface area (Å²) >= 11 is 5.79. The summed E-state index contributed by atoms with van der Waals surface area (Å²) in [6, 6.07) is 7.29. The molecule has 1 saturated carbocycles. The second kappa shape index (κ2) is 6.48. The highest BCUT2D eigenvalue weighted by molar-refractivity contribution is 7.84. The average molecular weight is 285 g/mol. The minimum absolute atomic E-state index is 0.166. The minimum Gasteiger partial charge on any atom is -0.298 e. The molecule has 1 aliphatic carbocycles. The van der Waals surface area contributed by atoms with Gasteiger partial charge in [0.1, 0.15) is 5.78 Å². The second-order valence-electron chi connectivity index (χ2n) is 4.80. The van der Waals surface area contributed by atoms with Crippen molar-refractivity contribution in [3.63, 3.8) is 0 Å². The summed E-state index contributed by atoms with van der Waals surface area (Å²) in [7, 11) is -1.10. The zero-order valence-electron chi connectivity index (χ0n) is 10.2. The van der Waals surface area contributed by atoms with Crippen LogP contribution in [0.4, 0.5) is 0 Å². The van der Waals surface area contributed by atoms with Crippen molar-refractivity contribution in [1.82, 2.24) is 0 Å². The van der Waals surface area contributed by atoms with E-state index in [4.69, 9.17) is 11.6 Å². The number of carbonyl (C=O) groups excluding carboxylic acids is 1. The Morgan fingerprint density at radius 3 is 2.44 bits per heavy atom. The van der Waals surface area contributed by atoms with E-state index < -0.39 is 10.8 Å². The zero-order chi connectivity index (χ0) is 13.0. The molecule has 0 saturated heterocycles. The van der Waals surface area contributed by atoms with Crippen molar-refractivity contribution in [2.45, 2.75) is 31.4 Å². The maximum Gasteiger partial charge on any atom is 0.148 e. The third-order valence-corrected chi connectivity index (χ3v) is 4.87. The molecule has 0 N–H and O–H groups in total. The van der Waals surface area contributed by atoms with Crippen molar-refractivity contribution in [3.05, 3.63) is 34.9 Å². The van der Waals surface area contributed by atoms with Gasteiger partial charge in [-0.2, -0.15) is 0 Å². The van der Waals surface area contributed by atoms with Crippen molar-refractivity contribution < 1.29 is 9.00 Å². The molecule has 18 heavy (non-hydrogen) atoms. The molecule has 0 spiro atoms. The lowest BCUT2D eigenvalue weighted by atomic mass is 10.0. The van der Waals surface area contributed by atoms with Crippen LogP contribution < -0.4 is 0 Å². The highest BCUT2D eigenvalue weighted by atomic mass is 35.5. The molecular formula is C14H17ClO2S. The maximum atomic E-state index is 11.9. The predicted octanol–water partition coefficient (Wildman–Crippen LogP) is 3.35. The summed E-state index contributed by atoms with van der Waals surface area (Å²) in [5, 5.41) is 0.673. The van der Waals surface area contributed by atoms with Gasteiger partial charge in [-0.25, -0.2) is 0 Å². The monoisotopic (exact) mass is 284 g/mol. The minimum atomic E-state index is -1.10. The van der Waals surface area contributed by atoms with Gasteiger partial charge in [0, 0.05) is 27.5 Å². The molecule has 1 unspecified atom stereocenters. The quantitative estimate of drug-likeness (QED) is 0.831. The lowest BCUT2D eigenvalue weighted by Gasteiger charge is -2.07. The van der Waals surface area contributed by atoms with Gasteiger partial charge in [-0.1, -0.05) is 36.6 Å². The van der Waals surface area contributed by atoms with Crippen LogP contribution in [0.25, 0.3) is 0 Å². The van der Waals surface area contributed by atoms with E-state index in [-0.39, 0.29) is 17.5 Å². The van der Waals surface area contributed by atoms with E-state index in [0.29, 0.717) is 10.8 Å². The van der Waals surface area contributed by atoms with Gasteiger partial charge in [0.25, 0.3) is 0 Å². The third kappa shape index (κ3) is 3.92. The summed E-state index contributed by atoms with van der Waals surface area (Å²) < 4.78 is 11.9. The van der Waals surface area contributed by atoms with E-state index in [0.717, 1.165) is 31.2 Å². The first-order chi connectivity index (χ1) is 8.65. The topological polar surface area (TPSA) is 34.1 Å². The molecule has 1 aromatic rings. The Balaban J connectivity index is 1.84. The number of hydrogen-bond donors (Lipinski definition) is 0. The van der Waals surface area contributed by atoms with Crippen LogP contribution in [-0.4, -0.2) is 15.7 Å². The number of hydrogen-bond acceptors (Lipinski definition) is 2. The van der Waals surface area contributed by atoms with E-state index in [2.05, 4.69) is 0 Å². The van der Waals surface area contributed by atoms with Crippen LogP contribution in [0.15, 0.2) is 24.3 Å². The van der Waals surface area contributed by atoms with Crippen molar-refractivity contribution in [1.29, 1.82) is 0 Å². The van der Waals surface area contributed by atoms with Crippen LogP contribution in [0.3, 0.4) is 0 Å². The number of ketones is 1. The number of halogens is 1. The van der Waals surface area contributed by atoms with Crippen LogP contribution in [-0.2, 0) is 21.3 Å². The van der Waals surface area contributed by atoms with Gasteiger partial charge in [-0.05, 0) is 30.5 Å². The lowest BCUT2D eigenvalue weighted by Crippen LogP contribution is -2.19. The molecule has 0 bridgehead atoms. The number of carbonyl (C=O) groups is 1. The fourth-order valence-electron chi connectivity index (χ4n) is 2.34. The molecule has 2 rings (SSSR count). The Labute approximate surface area is 115 Å². The molecular weight excluding hydrogens is 268 g/mol. The summed E-state index contributed by atoms with van der Waals surface area (Å²) in [6.45, 7) is 0. The lowest BCUT2D eigenvalue weighted by molar-refractivity contribution is -0.120. The van der Waals surface area contributed by atoms with Crippen LogP contribution >= 0.6 is 11.6 Å². The molecule has 1 aromatic carbocycles. The highest BCUT2D eigenvalue weighted by Gasteiger charge is 2.23. The van der Waals surface area contributed by atoms with Gasteiger partial charge in [-0.3, -0.25) is 9.00 Å². The van der Waals surface area contributed by atoms with Gasteiger partial charge in [0.15, 0.2) is 0 Å². The third-order valence-electron chi connectivity index (χ3n) is 3.35. The molecule has 0 aromatic heterocycles. The number of rotatable bonds is 5. The first-order valence-corrected chi connectivity index (χ1v) is 8.14. The van der Waals surface area contributed by atoms with E-state index in [1.807, 2.05) is 12.1 Å². The van der Waals surface area contributed by atoms with E-state index >= 15 is 0 Å². The van der Waals surface area contributed by atoms with Crippen LogP contribution in [0.2, 0.25) is 5.02 Å². The molecule has 0 radical (unpaired) electrons. The summed E-state index contributed by atoms with van der Waals surface area (Å²) in [5.41, 5.74) is 0.969. The zero-order valence-corrected chi connectivity index (χ0v) is 11.8. The first-order valence-electron chi connectivity index (χ1n) is 6.27. The Bertz CT molecular complexity index is 436. The van der Waals surface area contributed by atoms with Crippen LogP contribution in [0, 0.1) is 5.92 Å². The fraction of sp³-hybridized carbons (Fsp3) is 0.500. The van der Waals surface area contributed by atoms with Gasteiger partial charge in [0.2, 0.25) is 0 Å². The van der Waals surface area contributed by atoms with Crippen molar-refractivity contribution in [2.24, 2.45) is 5.92 Å². The van der Waals surface area contributed by atoms with Gasteiger partial charge >= 0.3 is 0 Å². The highest BCUT2D eigenvalue weighted by Crippen LogP contribution is 2.25. The maximum absolute atomic E-state index is 11.9. The summed E-state index contributed by atoms with van der Waals surface area (Å²) in [4.78, 5) is 11.9. The molecule has 2 nitrogen and oxygen atoms in total. The fourth-order valence-corrected chi connectivity index (χ4v) is 3.69. The van der Waals surface area contributed by atoms with E-state index in [9.17, 15) is 9.00 Å². The Morgan fingerprint density at radius 1 is 1.22 bits per heavy atom. The number of Topliss-reactive ketones (excluding diaryl/α,β-unsaturated/α-hetero) is 1. The van der Waals surface area contributed by atoms with E-state index in [1.165, 1.54) is 0 Å². The van der Waals surface area contributed by atoms with Crippen molar-refractivity contribution >= 4 is 28.2 Å². The molecule has 0 aliphatic heterocycles.